The zero-order valence-electron chi connectivity index (χ0n) is 14.8. The number of aromatic nitrogens is 2. The first-order chi connectivity index (χ1) is 13.3. The molecule has 0 bridgehead atoms. The molecule has 0 aliphatic carbocycles. The Labute approximate surface area is 156 Å². The highest BCUT2D eigenvalue weighted by Gasteiger charge is 2.28. The van der Waals surface area contributed by atoms with Crippen LogP contribution in [0.2, 0.25) is 0 Å². The third-order valence-electron chi connectivity index (χ3n) is 5.25. The van der Waals surface area contributed by atoms with Crippen LogP contribution in [0.1, 0.15) is 24.4 Å². The van der Waals surface area contributed by atoms with Gasteiger partial charge in [0.05, 0.1) is 12.4 Å². The molecule has 0 saturated carbocycles. The second kappa shape index (κ2) is 6.70. The van der Waals surface area contributed by atoms with Gasteiger partial charge in [0.15, 0.2) is 11.5 Å². The monoisotopic (exact) mass is 365 g/mol. The standard InChI is InChI=1S/C21H20FN3O2/c22-17-6-3-15(4-7-17)18-9-11-25(23-18)13-24-10-1-2-19(24)16-5-8-20-21(12-16)27-14-26-20/h3-9,11-12,19H,1-2,10,13-14H2. The predicted molar refractivity (Wildman–Crippen MR) is 98.9 cm³/mol. The number of likely N-dealkylation sites (tertiary alicyclic amines) is 1. The Balaban J connectivity index is 1.33. The van der Waals surface area contributed by atoms with Crippen LogP contribution in [0.5, 0.6) is 11.5 Å². The van der Waals surface area contributed by atoms with Gasteiger partial charge < -0.3 is 9.47 Å². The molecule has 1 aromatic heterocycles. The average Bonchev–Trinajstić information content (AvgIpc) is 3.42. The molecule has 2 aliphatic heterocycles. The summed E-state index contributed by atoms with van der Waals surface area (Å²) in [4.78, 5) is 2.43. The van der Waals surface area contributed by atoms with Crippen LogP contribution in [-0.2, 0) is 6.67 Å². The molecule has 5 nitrogen and oxygen atoms in total. The summed E-state index contributed by atoms with van der Waals surface area (Å²) in [6.45, 7) is 2.05. The lowest BCUT2D eigenvalue weighted by atomic mass is 10.0. The highest BCUT2D eigenvalue weighted by molar-refractivity contribution is 5.58. The Morgan fingerprint density at radius 3 is 2.78 bits per heavy atom. The largest absolute Gasteiger partial charge is 0.454 e. The third kappa shape index (κ3) is 3.17. The summed E-state index contributed by atoms with van der Waals surface area (Å²) >= 11 is 0. The van der Waals surface area contributed by atoms with Gasteiger partial charge in [-0.15, -0.1) is 0 Å². The number of hydrogen-bond acceptors (Lipinski definition) is 4. The summed E-state index contributed by atoms with van der Waals surface area (Å²) in [6, 6.07) is 15.0. The van der Waals surface area contributed by atoms with Crippen molar-refractivity contribution in [3.63, 3.8) is 0 Å². The summed E-state index contributed by atoms with van der Waals surface area (Å²) in [5.41, 5.74) is 3.03. The molecule has 138 valence electrons. The summed E-state index contributed by atoms with van der Waals surface area (Å²) in [5.74, 6) is 1.41. The quantitative estimate of drug-likeness (QED) is 0.694. The summed E-state index contributed by atoms with van der Waals surface area (Å²) in [7, 11) is 0. The molecule has 1 atom stereocenters. The Hall–Kier alpha value is -2.86. The topological polar surface area (TPSA) is 39.5 Å². The van der Waals surface area contributed by atoms with E-state index in [4.69, 9.17) is 9.47 Å². The minimum atomic E-state index is -0.234. The van der Waals surface area contributed by atoms with Crippen molar-refractivity contribution in [1.82, 2.24) is 14.7 Å². The van der Waals surface area contributed by atoms with Crippen molar-refractivity contribution in [3.05, 3.63) is 66.1 Å². The fraction of sp³-hybridized carbons (Fsp3) is 0.286. The lowest BCUT2D eigenvalue weighted by Crippen LogP contribution is -2.26. The fourth-order valence-electron chi connectivity index (χ4n) is 3.89. The van der Waals surface area contributed by atoms with Gasteiger partial charge in [0, 0.05) is 24.3 Å². The number of hydrogen-bond donors (Lipinski definition) is 0. The van der Waals surface area contributed by atoms with E-state index in [9.17, 15) is 4.39 Å². The van der Waals surface area contributed by atoms with Gasteiger partial charge in [-0.05, 0) is 60.9 Å². The van der Waals surface area contributed by atoms with E-state index in [1.54, 1.807) is 12.1 Å². The molecule has 3 aromatic rings. The highest BCUT2D eigenvalue weighted by atomic mass is 19.1. The van der Waals surface area contributed by atoms with Crippen LogP contribution in [-0.4, -0.2) is 28.0 Å². The van der Waals surface area contributed by atoms with Crippen LogP contribution < -0.4 is 9.47 Å². The van der Waals surface area contributed by atoms with Gasteiger partial charge in [-0.2, -0.15) is 5.10 Å². The zero-order valence-corrected chi connectivity index (χ0v) is 14.8. The SMILES string of the molecule is Fc1ccc(-c2ccn(CN3CCCC3c3ccc4c(c3)OCO4)n2)cc1. The average molecular weight is 365 g/mol. The van der Waals surface area contributed by atoms with Gasteiger partial charge in [-0.25, -0.2) is 4.39 Å². The molecule has 0 amide bonds. The van der Waals surface area contributed by atoms with E-state index in [0.29, 0.717) is 12.8 Å². The van der Waals surface area contributed by atoms with Crippen molar-refractivity contribution in [3.8, 4) is 22.8 Å². The molecule has 1 fully saturated rings. The number of fused-ring (bicyclic) bond motifs is 1. The lowest BCUT2D eigenvalue weighted by Gasteiger charge is -2.24. The minimum Gasteiger partial charge on any atom is -0.454 e. The molecule has 6 heteroatoms. The van der Waals surface area contributed by atoms with Crippen molar-refractivity contribution in [2.24, 2.45) is 0 Å². The number of benzene rings is 2. The number of halogens is 1. The smallest absolute Gasteiger partial charge is 0.231 e. The number of ether oxygens (including phenoxy) is 2. The number of rotatable bonds is 4. The third-order valence-corrected chi connectivity index (χ3v) is 5.25. The van der Waals surface area contributed by atoms with Crippen LogP contribution in [0.3, 0.4) is 0 Å². The van der Waals surface area contributed by atoms with Gasteiger partial charge in [-0.1, -0.05) is 6.07 Å². The van der Waals surface area contributed by atoms with Gasteiger partial charge in [0.2, 0.25) is 6.79 Å². The van der Waals surface area contributed by atoms with E-state index in [1.807, 2.05) is 23.0 Å². The van der Waals surface area contributed by atoms with Crippen molar-refractivity contribution in [1.29, 1.82) is 0 Å². The van der Waals surface area contributed by atoms with E-state index in [0.717, 1.165) is 48.8 Å². The fourth-order valence-corrected chi connectivity index (χ4v) is 3.89. The van der Waals surface area contributed by atoms with Crippen molar-refractivity contribution >= 4 is 0 Å². The molecule has 0 radical (unpaired) electrons. The normalized spacial score (nSPS) is 18.9. The molecule has 27 heavy (non-hydrogen) atoms. The minimum absolute atomic E-state index is 0.234. The molecule has 5 rings (SSSR count). The maximum absolute atomic E-state index is 13.1. The van der Waals surface area contributed by atoms with Crippen LogP contribution in [0.4, 0.5) is 4.39 Å². The van der Waals surface area contributed by atoms with Crippen molar-refractivity contribution in [2.45, 2.75) is 25.6 Å². The van der Waals surface area contributed by atoms with Gasteiger partial charge in [-0.3, -0.25) is 9.58 Å². The molecule has 1 saturated heterocycles. The van der Waals surface area contributed by atoms with Crippen LogP contribution in [0.15, 0.2) is 54.7 Å². The maximum Gasteiger partial charge on any atom is 0.231 e. The molecular weight excluding hydrogens is 345 g/mol. The van der Waals surface area contributed by atoms with E-state index in [1.165, 1.54) is 17.7 Å². The molecule has 3 heterocycles. The molecule has 0 N–H and O–H groups in total. The summed E-state index contributed by atoms with van der Waals surface area (Å²) in [5, 5.41) is 4.67. The Kier molecular flexibility index (Phi) is 4.05. The number of nitrogens with zero attached hydrogens (tertiary/aromatic N) is 3. The summed E-state index contributed by atoms with van der Waals surface area (Å²) in [6.07, 6.45) is 4.25. The first kappa shape index (κ1) is 16.3. The molecule has 1 unspecified atom stereocenters. The van der Waals surface area contributed by atoms with E-state index < -0.39 is 0 Å². The van der Waals surface area contributed by atoms with E-state index in [2.05, 4.69) is 22.1 Å². The highest BCUT2D eigenvalue weighted by Crippen LogP contribution is 2.39. The van der Waals surface area contributed by atoms with Gasteiger partial charge in [0.1, 0.15) is 5.82 Å². The zero-order chi connectivity index (χ0) is 18.2. The Bertz CT molecular complexity index is 954. The predicted octanol–water partition coefficient (Wildman–Crippen LogP) is 4.21. The van der Waals surface area contributed by atoms with Crippen molar-refractivity contribution < 1.29 is 13.9 Å². The maximum atomic E-state index is 13.1. The Morgan fingerprint density at radius 1 is 1.04 bits per heavy atom. The van der Waals surface area contributed by atoms with Crippen molar-refractivity contribution in [2.75, 3.05) is 13.3 Å². The van der Waals surface area contributed by atoms with Gasteiger partial charge >= 0.3 is 0 Å². The lowest BCUT2D eigenvalue weighted by molar-refractivity contribution is 0.173. The van der Waals surface area contributed by atoms with Crippen LogP contribution in [0.25, 0.3) is 11.3 Å². The van der Waals surface area contributed by atoms with Crippen LogP contribution in [0, 0.1) is 5.82 Å². The van der Waals surface area contributed by atoms with E-state index in [-0.39, 0.29) is 5.82 Å². The first-order valence-electron chi connectivity index (χ1n) is 9.19. The van der Waals surface area contributed by atoms with Gasteiger partial charge in [0.25, 0.3) is 0 Å². The molecular formula is C21H20FN3O2. The Morgan fingerprint density at radius 2 is 1.89 bits per heavy atom. The molecule has 2 aromatic carbocycles. The molecule has 0 spiro atoms. The molecule has 2 aliphatic rings. The summed E-state index contributed by atoms with van der Waals surface area (Å²) < 4.78 is 26.0. The first-order valence-corrected chi connectivity index (χ1v) is 9.19. The van der Waals surface area contributed by atoms with Crippen LogP contribution >= 0.6 is 0 Å². The second-order valence-corrected chi connectivity index (χ2v) is 6.97. The second-order valence-electron chi connectivity index (χ2n) is 6.97. The van der Waals surface area contributed by atoms with E-state index >= 15 is 0 Å².